The summed E-state index contributed by atoms with van der Waals surface area (Å²) in [5.74, 6) is -0.766. The maximum Gasteiger partial charge on any atom is 0.337 e. The van der Waals surface area contributed by atoms with Crippen LogP contribution in [-0.4, -0.2) is 42.4 Å². The summed E-state index contributed by atoms with van der Waals surface area (Å²) in [6.07, 6.45) is 2.78. The summed E-state index contributed by atoms with van der Waals surface area (Å²) >= 11 is 0. The highest BCUT2D eigenvalue weighted by Crippen LogP contribution is 2.22. The molecule has 1 fully saturated rings. The summed E-state index contributed by atoms with van der Waals surface area (Å²) in [7, 11) is 1.31. The maximum absolute atomic E-state index is 12.5. The fraction of sp³-hybridized carbons (Fsp3) is 0.278. The van der Waals surface area contributed by atoms with E-state index in [-0.39, 0.29) is 17.6 Å². The molecule has 7 nitrogen and oxygen atoms in total. The monoisotopic (exact) mass is 342 g/mol. The molecule has 2 amide bonds. The van der Waals surface area contributed by atoms with Crippen LogP contribution in [0.3, 0.4) is 0 Å². The third-order valence-corrected chi connectivity index (χ3v) is 4.12. The number of likely N-dealkylation sites (tertiary alicyclic amines) is 1. The van der Waals surface area contributed by atoms with E-state index in [0.717, 1.165) is 6.42 Å². The Bertz CT molecular complexity index is 767. The second kappa shape index (κ2) is 7.21. The Labute approximate surface area is 144 Å². The van der Waals surface area contributed by atoms with Gasteiger partial charge in [0.25, 0.3) is 5.91 Å². The molecule has 0 radical (unpaired) electrons. The predicted octanol–water partition coefficient (Wildman–Crippen LogP) is 2.31. The minimum Gasteiger partial charge on any atom is -0.465 e. The van der Waals surface area contributed by atoms with Gasteiger partial charge < -0.3 is 19.4 Å². The Hall–Kier alpha value is -3.09. The second-order valence-electron chi connectivity index (χ2n) is 5.69. The molecular weight excluding hydrogens is 324 g/mol. The molecule has 130 valence electrons. The standard InChI is InChI=1S/C18H18N2O5/c1-24-18(23)12-6-8-13(9-7-12)19-16(21)14-4-2-10-20(14)17(22)15-5-3-11-25-15/h3,5-9,11,14H,2,4,10H2,1H3,(H,19,21)/t14-/m1/s1. The second-order valence-corrected chi connectivity index (χ2v) is 5.69. The molecule has 0 aliphatic carbocycles. The number of hydrogen-bond donors (Lipinski definition) is 1. The van der Waals surface area contributed by atoms with Crippen molar-refractivity contribution < 1.29 is 23.5 Å². The van der Waals surface area contributed by atoms with Crippen molar-refractivity contribution in [1.82, 2.24) is 4.90 Å². The van der Waals surface area contributed by atoms with Crippen LogP contribution in [0.4, 0.5) is 5.69 Å². The summed E-state index contributed by atoms with van der Waals surface area (Å²) < 4.78 is 9.77. The number of amides is 2. The van der Waals surface area contributed by atoms with Crippen molar-refractivity contribution in [3.05, 3.63) is 54.0 Å². The average molecular weight is 342 g/mol. The molecule has 1 atom stereocenters. The number of carbonyl (C=O) groups excluding carboxylic acids is 3. The minimum absolute atomic E-state index is 0.224. The van der Waals surface area contributed by atoms with E-state index in [1.165, 1.54) is 18.3 Å². The molecule has 2 heterocycles. The maximum atomic E-state index is 12.5. The lowest BCUT2D eigenvalue weighted by Gasteiger charge is -2.23. The molecular formula is C18H18N2O5. The van der Waals surface area contributed by atoms with Crippen LogP contribution in [0, 0.1) is 0 Å². The lowest BCUT2D eigenvalue weighted by atomic mass is 10.1. The third-order valence-electron chi connectivity index (χ3n) is 4.12. The van der Waals surface area contributed by atoms with Gasteiger partial charge in [-0.3, -0.25) is 9.59 Å². The fourth-order valence-corrected chi connectivity index (χ4v) is 2.86. The highest BCUT2D eigenvalue weighted by atomic mass is 16.5. The van der Waals surface area contributed by atoms with Gasteiger partial charge in [0, 0.05) is 12.2 Å². The summed E-state index contributed by atoms with van der Waals surface area (Å²) in [4.78, 5) is 37.9. The largest absolute Gasteiger partial charge is 0.465 e. The summed E-state index contributed by atoms with van der Waals surface area (Å²) in [5, 5.41) is 2.78. The van der Waals surface area contributed by atoms with Gasteiger partial charge >= 0.3 is 5.97 Å². The number of anilines is 1. The van der Waals surface area contributed by atoms with Crippen LogP contribution >= 0.6 is 0 Å². The highest BCUT2D eigenvalue weighted by Gasteiger charge is 2.35. The van der Waals surface area contributed by atoms with Gasteiger partial charge in [0.1, 0.15) is 6.04 Å². The molecule has 1 aliphatic rings. The molecule has 1 N–H and O–H groups in total. The Morgan fingerprint density at radius 1 is 1.20 bits per heavy atom. The Morgan fingerprint density at radius 2 is 1.96 bits per heavy atom. The molecule has 1 aromatic heterocycles. The molecule has 1 saturated heterocycles. The smallest absolute Gasteiger partial charge is 0.337 e. The molecule has 7 heteroatoms. The molecule has 2 aromatic rings. The number of methoxy groups -OCH3 is 1. The Kier molecular flexibility index (Phi) is 4.83. The van der Waals surface area contributed by atoms with E-state index in [4.69, 9.17) is 4.42 Å². The van der Waals surface area contributed by atoms with Gasteiger partial charge in [0.15, 0.2) is 5.76 Å². The molecule has 0 spiro atoms. The number of nitrogens with one attached hydrogen (secondary N) is 1. The number of benzene rings is 1. The zero-order chi connectivity index (χ0) is 17.8. The first-order valence-corrected chi connectivity index (χ1v) is 7.94. The summed E-state index contributed by atoms with van der Waals surface area (Å²) in [5.41, 5.74) is 0.950. The Morgan fingerprint density at radius 3 is 2.60 bits per heavy atom. The number of rotatable bonds is 4. The minimum atomic E-state index is -0.544. The molecule has 25 heavy (non-hydrogen) atoms. The van der Waals surface area contributed by atoms with Gasteiger partial charge in [-0.25, -0.2) is 4.79 Å². The van der Waals surface area contributed by atoms with E-state index in [2.05, 4.69) is 10.1 Å². The molecule has 1 aliphatic heterocycles. The van der Waals surface area contributed by atoms with E-state index in [1.54, 1.807) is 36.4 Å². The van der Waals surface area contributed by atoms with Crippen LogP contribution in [0.25, 0.3) is 0 Å². The van der Waals surface area contributed by atoms with Crippen molar-refractivity contribution in [3.8, 4) is 0 Å². The third kappa shape index (κ3) is 3.55. The normalized spacial score (nSPS) is 16.5. The van der Waals surface area contributed by atoms with E-state index >= 15 is 0 Å². The molecule has 0 saturated carbocycles. The van der Waals surface area contributed by atoms with E-state index in [1.807, 2.05) is 0 Å². The van der Waals surface area contributed by atoms with Crippen molar-refractivity contribution in [2.45, 2.75) is 18.9 Å². The first-order valence-electron chi connectivity index (χ1n) is 7.94. The van der Waals surface area contributed by atoms with Gasteiger partial charge in [-0.2, -0.15) is 0 Å². The SMILES string of the molecule is COC(=O)c1ccc(NC(=O)[C@H]2CCCN2C(=O)c2ccco2)cc1. The number of carbonyl (C=O) groups is 3. The highest BCUT2D eigenvalue weighted by molar-refractivity contribution is 6.00. The zero-order valence-corrected chi connectivity index (χ0v) is 13.7. The van der Waals surface area contributed by atoms with Crippen LogP contribution in [-0.2, 0) is 9.53 Å². The number of nitrogens with zero attached hydrogens (tertiary/aromatic N) is 1. The molecule has 0 bridgehead atoms. The number of furan rings is 1. The van der Waals surface area contributed by atoms with Crippen molar-refractivity contribution in [2.24, 2.45) is 0 Å². The first kappa shape index (κ1) is 16.8. The van der Waals surface area contributed by atoms with Gasteiger partial charge in [0.05, 0.1) is 18.9 Å². The Balaban J connectivity index is 1.67. The van der Waals surface area contributed by atoms with Crippen LogP contribution < -0.4 is 5.32 Å². The lowest BCUT2D eigenvalue weighted by molar-refractivity contribution is -0.119. The van der Waals surface area contributed by atoms with Crippen LogP contribution in [0.2, 0.25) is 0 Å². The number of ether oxygens (including phenoxy) is 1. The number of hydrogen-bond acceptors (Lipinski definition) is 5. The van der Waals surface area contributed by atoms with Crippen LogP contribution in [0.15, 0.2) is 47.1 Å². The van der Waals surface area contributed by atoms with Gasteiger partial charge in [-0.05, 0) is 49.2 Å². The van der Waals surface area contributed by atoms with Crippen LogP contribution in [0.1, 0.15) is 33.8 Å². The molecule has 1 aromatic carbocycles. The van der Waals surface area contributed by atoms with Crippen LogP contribution in [0.5, 0.6) is 0 Å². The fourth-order valence-electron chi connectivity index (χ4n) is 2.86. The number of esters is 1. The molecule has 0 unspecified atom stereocenters. The summed E-state index contributed by atoms with van der Waals surface area (Å²) in [6.45, 7) is 0.513. The van der Waals surface area contributed by atoms with E-state index < -0.39 is 12.0 Å². The van der Waals surface area contributed by atoms with Crippen molar-refractivity contribution in [2.75, 3.05) is 19.0 Å². The summed E-state index contributed by atoms with van der Waals surface area (Å²) in [6, 6.07) is 9.07. The predicted molar refractivity (Wildman–Crippen MR) is 89.2 cm³/mol. The zero-order valence-electron chi connectivity index (χ0n) is 13.7. The van der Waals surface area contributed by atoms with E-state index in [0.29, 0.717) is 24.2 Å². The van der Waals surface area contributed by atoms with Gasteiger partial charge in [-0.15, -0.1) is 0 Å². The van der Waals surface area contributed by atoms with Crippen molar-refractivity contribution in [3.63, 3.8) is 0 Å². The van der Waals surface area contributed by atoms with E-state index in [9.17, 15) is 14.4 Å². The molecule has 3 rings (SSSR count). The average Bonchev–Trinajstić information content (AvgIpc) is 3.32. The van der Waals surface area contributed by atoms with Gasteiger partial charge in [0.2, 0.25) is 5.91 Å². The van der Waals surface area contributed by atoms with Crippen molar-refractivity contribution in [1.29, 1.82) is 0 Å². The lowest BCUT2D eigenvalue weighted by Crippen LogP contribution is -2.43. The van der Waals surface area contributed by atoms with Crippen molar-refractivity contribution >= 4 is 23.5 Å². The first-order chi connectivity index (χ1) is 12.1. The quantitative estimate of drug-likeness (QED) is 0.861. The topological polar surface area (TPSA) is 88.9 Å². The van der Waals surface area contributed by atoms with Gasteiger partial charge in [-0.1, -0.05) is 0 Å².